The van der Waals surface area contributed by atoms with Gasteiger partial charge in [-0.05, 0) is 40.8 Å². The molecule has 7 rings (SSSR count). The molecule has 3 aliphatic rings. The summed E-state index contributed by atoms with van der Waals surface area (Å²) < 4.78 is 25.0. The minimum absolute atomic E-state index is 0.0436. The third-order valence-electron chi connectivity index (χ3n) is 8.98. The van der Waals surface area contributed by atoms with Crippen molar-refractivity contribution in [2.24, 2.45) is 0 Å². The molecule has 44 heavy (non-hydrogen) atoms. The predicted octanol–water partition coefficient (Wildman–Crippen LogP) is 2.99. The van der Waals surface area contributed by atoms with E-state index in [1.165, 1.54) is 0 Å². The van der Waals surface area contributed by atoms with Gasteiger partial charge in [0.25, 0.3) is 0 Å². The van der Waals surface area contributed by atoms with Gasteiger partial charge in [0.2, 0.25) is 0 Å². The van der Waals surface area contributed by atoms with Gasteiger partial charge in [-0.2, -0.15) is 0 Å². The van der Waals surface area contributed by atoms with Crippen molar-refractivity contribution in [1.29, 1.82) is 0 Å². The van der Waals surface area contributed by atoms with E-state index < -0.39 is 31.7 Å². The number of Topliss-reactive ketones (excluding diaryl/α,β-unsaturated/α-hetero) is 2. The largest absolute Gasteiger partial charge is 0.491 e. The van der Waals surface area contributed by atoms with Crippen LogP contribution in [0, 0.1) is 0 Å². The molecule has 2 atom stereocenters. The SMILES string of the molecule is CC1([C@]2(OB(O)c3ccccc3)CC3=C(C(=O)c4cc5ccccc5cc4C3=O)[C@@H](OB(O)c3ccccc3)C2)OCCO1. The number of ketones is 2. The van der Waals surface area contributed by atoms with E-state index in [2.05, 4.69) is 0 Å². The average Bonchev–Trinajstić information content (AvgIpc) is 3.51. The first kappa shape index (κ1) is 28.9. The van der Waals surface area contributed by atoms with Crippen molar-refractivity contribution in [2.75, 3.05) is 13.2 Å². The molecule has 4 aromatic rings. The van der Waals surface area contributed by atoms with Crippen molar-refractivity contribution in [2.45, 2.75) is 37.3 Å². The molecule has 10 heteroatoms. The van der Waals surface area contributed by atoms with E-state index in [9.17, 15) is 19.6 Å². The van der Waals surface area contributed by atoms with Crippen LogP contribution in [0.1, 0.15) is 40.5 Å². The molecule has 0 aromatic heterocycles. The monoisotopic (exact) mass is 588 g/mol. The quantitative estimate of drug-likeness (QED) is 0.318. The molecule has 1 heterocycles. The topological polar surface area (TPSA) is 112 Å². The Bertz CT molecular complexity index is 1770. The lowest BCUT2D eigenvalue weighted by atomic mass is 9.65. The molecule has 2 N–H and O–H groups in total. The summed E-state index contributed by atoms with van der Waals surface area (Å²) in [5.41, 5.74) is 0.426. The zero-order valence-electron chi connectivity index (χ0n) is 24.1. The summed E-state index contributed by atoms with van der Waals surface area (Å²) in [6.07, 6.45) is -1.23. The van der Waals surface area contributed by atoms with Crippen LogP contribution in [0.15, 0.2) is 108 Å². The molecule has 2 aliphatic carbocycles. The molecule has 0 amide bonds. The minimum atomic E-state index is -1.48. The maximum Gasteiger partial charge on any atom is 0.491 e. The molecule has 0 unspecified atom stereocenters. The van der Waals surface area contributed by atoms with Crippen LogP contribution >= 0.6 is 0 Å². The van der Waals surface area contributed by atoms with Crippen molar-refractivity contribution in [3.05, 3.63) is 119 Å². The number of carbonyl (C=O) groups excluding carboxylic acids is 2. The normalized spacial score (nSPS) is 22.6. The number of benzene rings is 4. The highest BCUT2D eigenvalue weighted by molar-refractivity contribution is 6.60. The Morgan fingerprint density at radius 3 is 1.86 bits per heavy atom. The van der Waals surface area contributed by atoms with Crippen molar-refractivity contribution in [1.82, 2.24) is 0 Å². The van der Waals surface area contributed by atoms with Crippen LogP contribution in [-0.4, -0.2) is 66.6 Å². The van der Waals surface area contributed by atoms with E-state index in [1.54, 1.807) is 67.6 Å². The lowest BCUT2D eigenvalue weighted by molar-refractivity contribution is -0.259. The summed E-state index contributed by atoms with van der Waals surface area (Å²) in [6.45, 7) is 2.26. The summed E-state index contributed by atoms with van der Waals surface area (Å²) in [7, 11) is -2.82. The summed E-state index contributed by atoms with van der Waals surface area (Å²) in [5.74, 6) is -2.10. The van der Waals surface area contributed by atoms with E-state index in [4.69, 9.17) is 18.8 Å². The first-order chi connectivity index (χ1) is 21.3. The fraction of sp³-hybridized carbons (Fsp3) is 0.235. The fourth-order valence-corrected chi connectivity index (χ4v) is 6.65. The minimum Gasteiger partial charge on any atom is -0.423 e. The van der Waals surface area contributed by atoms with Crippen molar-refractivity contribution in [3.8, 4) is 0 Å². The molecule has 1 saturated heterocycles. The van der Waals surface area contributed by atoms with Gasteiger partial charge in [-0.3, -0.25) is 9.59 Å². The molecule has 0 bridgehead atoms. The van der Waals surface area contributed by atoms with Crippen LogP contribution in [0.3, 0.4) is 0 Å². The van der Waals surface area contributed by atoms with E-state index >= 15 is 0 Å². The zero-order valence-corrected chi connectivity index (χ0v) is 24.1. The Labute approximate surface area is 255 Å². The first-order valence-corrected chi connectivity index (χ1v) is 14.7. The molecule has 220 valence electrons. The molecule has 1 fully saturated rings. The second kappa shape index (κ2) is 11.2. The number of rotatable bonds is 7. The lowest BCUT2D eigenvalue weighted by Gasteiger charge is -2.50. The number of carbonyl (C=O) groups is 2. The third kappa shape index (κ3) is 4.84. The van der Waals surface area contributed by atoms with Gasteiger partial charge in [0, 0.05) is 35.1 Å². The molecular formula is C34H30B2O8. The van der Waals surface area contributed by atoms with Crippen molar-refractivity contribution >= 4 is 47.5 Å². The summed E-state index contributed by atoms with van der Waals surface area (Å²) >= 11 is 0. The number of hydrogen-bond donors (Lipinski definition) is 2. The molecule has 1 aliphatic heterocycles. The fourth-order valence-electron chi connectivity index (χ4n) is 6.65. The molecule has 0 spiro atoms. The van der Waals surface area contributed by atoms with Gasteiger partial charge in [0.05, 0.1) is 19.3 Å². The molecule has 4 aromatic carbocycles. The van der Waals surface area contributed by atoms with Gasteiger partial charge in [-0.15, -0.1) is 0 Å². The predicted molar refractivity (Wildman–Crippen MR) is 166 cm³/mol. The Kier molecular flexibility index (Phi) is 7.37. The maximum absolute atomic E-state index is 14.4. The highest BCUT2D eigenvalue weighted by Crippen LogP contribution is 2.50. The number of hydrogen-bond acceptors (Lipinski definition) is 8. The van der Waals surface area contributed by atoms with Gasteiger partial charge >= 0.3 is 14.2 Å². The standard InChI is InChI=1S/C34H30B2O8/c1-33(41-16-17-42-33)34(44-36(40)25-14-6-3-7-15-25)20-28-30(29(21-34)43-35(39)24-12-4-2-5-13-24)32(38)27-19-23-11-9-8-10-22(23)18-26(27)31(28)37/h2-15,18-19,29,39-40H,16-17,20-21H2,1H3/t29-,34-/m0/s1. The van der Waals surface area contributed by atoms with Crippen LogP contribution in [0.4, 0.5) is 0 Å². The van der Waals surface area contributed by atoms with Gasteiger partial charge < -0.3 is 28.8 Å². The summed E-state index contributed by atoms with van der Waals surface area (Å²) in [6, 6.07) is 28.7. The van der Waals surface area contributed by atoms with Gasteiger partial charge in [0.1, 0.15) is 5.60 Å². The van der Waals surface area contributed by atoms with Crippen LogP contribution < -0.4 is 10.9 Å². The molecule has 0 saturated carbocycles. The van der Waals surface area contributed by atoms with Gasteiger partial charge in [0.15, 0.2) is 17.4 Å². The molecular weight excluding hydrogens is 558 g/mol. The number of fused-ring (bicyclic) bond motifs is 2. The molecule has 8 nitrogen and oxygen atoms in total. The maximum atomic E-state index is 14.4. The van der Waals surface area contributed by atoms with Gasteiger partial charge in [-0.1, -0.05) is 84.9 Å². The van der Waals surface area contributed by atoms with E-state index in [1.807, 2.05) is 36.4 Å². The van der Waals surface area contributed by atoms with Crippen molar-refractivity contribution in [3.63, 3.8) is 0 Å². The second-order valence-electron chi connectivity index (χ2n) is 11.6. The zero-order chi connectivity index (χ0) is 30.5. The van der Waals surface area contributed by atoms with E-state index in [0.29, 0.717) is 10.9 Å². The Morgan fingerprint density at radius 1 is 0.750 bits per heavy atom. The highest BCUT2D eigenvalue weighted by Gasteiger charge is 2.61. The van der Waals surface area contributed by atoms with Crippen LogP contribution in [0.25, 0.3) is 10.8 Å². The van der Waals surface area contributed by atoms with Crippen LogP contribution in [0.2, 0.25) is 0 Å². The Morgan fingerprint density at radius 2 is 1.27 bits per heavy atom. The second-order valence-corrected chi connectivity index (χ2v) is 11.6. The lowest BCUT2D eigenvalue weighted by Crippen LogP contribution is -2.63. The first-order valence-electron chi connectivity index (χ1n) is 14.7. The van der Waals surface area contributed by atoms with Crippen molar-refractivity contribution < 1.29 is 38.4 Å². The van der Waals surface area contributed by atoms with Gasteiger partial charge in [-0.25, -0.2) is 0 Å². The number of ether oxygens (including phenoxy) is 2. The van der Waals surface area contributed by atoms with E-state index in [0.717, 1.165) is 10.8 Å². The average molecular weight is 588 g/mol. The Balaban J connectivity index is 1.38. The Hall–Kier alpha value is -3.89. The highest BCUT2D eigenvalue weighted by atomic mass is 16.8. The summed E-state index contributed by atoms with van der Waals surface area (Å²) in [4.78, 5) is 28.7. The third-order valence-corrected chi connectivity index (χ3v) is 8.98. The smallest absolute Gasteiger partial charge is 0.423 e. The van der Waals surface area contributed by atoms with Crippen LogP contribution in [0.5, 0.6) is 0 Å². The summed E-state index contributed by atoms with van der Waals surface area (Å²) in [5, 5.41) is 24.2. The van der Waals surface area contributed by atoms with E-state index in [-0.39, 0.29) is 59.9 Å². The molecule has 0 radical (unpaired) electrons. The van der Waals surface area contributed by atoms with Crippen LogP contribution in [-0.2, 0) is 18.8 Å².